The van der Waals surface area contributed by atoms with Crippen LogP contribution < -0.4 is 21.7 Å². The number of carbonyl (C=O) groups excluding carboxylic acids is 4. The van der Waals surface area contributed by atoms with Crippen molar-refractivity contribution in [1.29, 1.82) is 0 Å². The van der Waals surface area contributed by atoms with Crippen LogP contribution in [0.3, 0.4) is 0 Å². The average molecular weight is 530 g/mol. The Morgan fingerprint density at radius 2 is 2.00 bits per heavy atom. The predicted octanol–water partition coefficient (Wildman–Crippen LogP) is 2.74. The van der Waals surface area contributed by atoms with Crippen molar-refractivity contribution in [3.05, 3.63) is 58.3 Å². The maximum atomic E-state index is 13.4. The number of thioether (sulfide) groups is 1. The predicted molar refractivity (Wildman–Crippen MR) is 143 cm³/mol. The molecule has 3 unspecified atom stereocenters. The maximum Gasteiger partial charge on any atom is 0.319 e. The number of nitrogens with two attached hydrogens (primary N) is 1. The molecule has 1 fully saturated rings. The van der Waals surface area contributed by atoms with E-state index in [0.29, 0.717) is 12.1 Å². The molecule has 1 aliphatic rings. The van der Waals surface area contributed by atoms with Gasteiger partial charge in [0.25, 0.3) is 0 Å². The van der Waals surface area contributed by atoms with Gasteiger partial charge in [-0.25, -0.2) is 4.79 Å². The number of primary amides is 1. The average Bonchev–Trinajstić information content (AvgIpc) is 3.48. The van der Waals surface area contributed by atoms with Gasteiger partial charge in [0, 0.05) is 34.5 Å². The van der Waals surface area contributed by atoms with E-state index in [9.17, 15) is 19.2 Å². The summed E-state index contributed by atoms with van der Waals surface area (Å²) in [6.07, 6.45) is 4.02. The normalized spacial score (nSPS) is 17.7. The van der Waals surface area contributed by atoms with Crippen LogP contribution in [-0.4, -0.2) is 59.6 Å². The number of anilines is 1. The first-order chi connectivity index (χ1) is 17.2. The molecule has 3 rings (SSSR count). The lowest BCUT2D eigenvalue weighted by molar-refractivity contribution is -0.136. The molecule has 2 heterocycles. The van der Waals surface area contributed by atoms with Gasteiger partial charge in [-0.2, -0.15) is 0 Å². The summed E-state index contributed by atoms with van der Waals surface area (Å²) in [5.74, 6) is -1.55. The molecule has 36 heavy (non-hydrogen) atoms. The van der Waals surface area contributed by atoms with Gasteiger partial charge in [-0.1, -0.05) is 17.7 Å². The molecule has 2 aromatic rings. The zero-order valence-corrected chi connectivity index (χ0v) is 22.1. The van der Waals surface area contributed by atoms with Crippen molar-refractivity contribution in [3.8, 4) is 0 Å². The molecule has 1 saturated heterocycles. The molecule has 0 aliphatic carbocycles. The van der Waals surface area contributed by atoms with Gasteiger partial charge in [-0.3, -0.25) is 14.4 Å². The first-order valence-electron chi connectivity index (χ1n) is 11.5. The zero-order chi connectivity index (χ0) is 26.2. The van der Waals surface area contributed by atoms with E-state index in [-0.39, 0.29) is 18.9 Å². The smallest absolute Gasteiger partial charge is 0.319 e. The molecular formula is C25H31N5O4S2. The van der Waals surface area contributed by atoms with Crippen LogP contribution in [-0.2, 0) is 20.8 Å². The summed E-state index contributed by atoms with van der Waals surface area (Å²) in [7, 11) is 0. The highest BCUT2D eigenvalue weighted by molar-refractivity contribution is 7.98. The Labute approximate surface area is 218 Å². The summed E-state index contributed by atoms with van der Waals surface area (Å²) in [5.41, 5.74) is 6.96. The molecule has 0 saturated carbocycles. The van der Waals surface area contributed by atoms with Gasteiger partial charge in [0.1, 0.15) is 12.1 Å². The van der Waals surface area contributed by atoms with Crippen molar-refractivity contribution < 1.29 is 19.2 Å². The largest absolute Gasteiger partial charge is 0.368 e. The molecule has 0 radical (unpaired) electrons. The highest BCUT2D eigenvalue weighted by Gasteiger charge is 2.43. The number of amides is 5. The number of nitrogens with one attached hydrogen (secondary N) is 3. The molecule has 0 bridgehead atoms. The molecule has 5 amide bonds. The molecule has 1 aliphatic heterocycles. The SMILES string of the molecule is CSc1cccc(NC(=O)NC2CCN(C(=O)C=C(C)C)C2C(=O)NC(Cc2cccs2)C(N)=O)c1. The topological polar surface area (TPSA) is 134 Å². The van der Waals surface area contributed by atoms with E-state index in [0.717, 1.165) is 15.3 Å². The van der Waals surface area contributed by atoms with E-state index in [2.05, 4.69) is 16.0 Å². The number of nitrogens with zero attached hydrogens (tertiary/aromatic N) is 1. The van der Waals surface area contributed by atoms with E-state index >= 15 is 0 Å². The molecular weight excluding hydrogens is 498 g/mol. The van der Waals surface area contributed by atoms with Gasteiger partial charge in [-0.05, 0) is 56.2 Å². The summed E-state index contributed by atoms with van der Waals surface area (Å²) in [6, 6.07) is 8.00. The monoisotopic (exact) mass is 529 g/mol. The second-order valence-electron chi connectivity index (χ2n) is 8.67. The van der Waals surface area contributed by atoms with Gasteiger partial charge in [-0.15, -0.1) is 23.1 Å². The third-order valence-electron chi connectivity index (χ3n) is 5.65. The number of hydrogen-bond acceptors (Lipinski definition) is 6. The lowest BCUT2D eigenvalue weighted by atomic mass is 10.1. The van der Waals surface area contributed by atoms with Gasteiger partial charge >= 0.3 is 6.03 Å². The highest BCUT2D eigenvalue weighted by atomic mass is 32.2. The Hall–Kier alpha value is -3.31. The van der Waals surface area contributed by atoms with Crippen LogP contribution in [0.1, 0.15) is 25.1 Å². The van der Waals surface area contributed by atoms with Crippen LogP contribution in [0.25, 0.3) is 0 Å². The number of likely N-dealkylation sites (tertiary alicyclic amines) is 1. The third kappa shape index (κ3) is 7.34. The van der Waals surface area contributed by atoms with E-state index in [1.54, 1.807) is 31.7 Å². The number of hydrogen-bond donors (Lipinski definition) is 4. The quantitative estimate of drug-likeness (QED) is 0.293. The van der Waals surface area contributed by atoms with Crippen LogP contribution >= 0.6 is 23.1 Å². The number of rotatable bonds is 9. The third-order valence-corrected chi connectivity index (χ3v) is 7.28. The summed E-state index contributed by atoms with van der Waals surface area (Å²) in [5, 5.41) is 10.2. The van der Waals surface area contributed by atoms with E-state index < -0.39 is 36.0 Å². The second-order valence-corrected chi connectivity index (χ2v) is 10.6. The maximum absolute atomic E-state index is 13.4. The number of allylic oxidation sites excluding steroid dienone is 1. The van der Waals surface area contributed by atoms with E-state index in [4.69, 9.17) is 5.73 Å². The molecule has 1 aromatic carbocycles. The Morgan fingerprint density at radius 3 is 2.64 bits per heavy atom. The molecule has 1 aromatic heterocycles. The number of urea groups is 1. The molecule has 5 N–H and O–H groups in total. The number of thiophene rings is 1. The van der Waals surface area contributed by atoms with Crippen molar-refractivity contribution in [2.45, 2.75) is 49.7 Å². The van der Waals surface area contributed by atoms with Crippen molar-refractivity contribution in [3.63, 3.8) is 0 Å². The molecule has 0 spiro atoms. The Morgan fingerprint density at radius 1 is 1.22 bits per heavy atom. The Balaban J connectivity index is 1.77. The van der Waals surface area contributed by atoms with Crippen molar-refractivity contribution in [2.24, 2.45) is 5.73 Å². The first-order valence-corrected chi connectivity index (χ1v) is 13.6. The van der Waals surface area contributed by atoms with Crippen LogP contribution in [0.5, 0.6) is 0 Å². The fraction of sp³-hybridized carbons (Fsp3) is 0.360. The van der Waals surface area contributed by atoms with Crippen LogP contribution in [0.15, 0.2) is 58.3 Å². The van der Waals surface area contributed by atoms with Crippen LogP contribution in [0.2, 0.25) is 0 Å². The number of benzene rings is 1. The van der Waals surface area contributed by atoms with Gasteiger partial charge < -0.3 is 26.6 Å². The van der Waals surface area contributed by atoms with Crippen LogP contribution in [0.4, 0.5) is 10.5 Å². The van der Waals surface area contributed by atoms with Crippen molar-refractivity contribution in [2.75, 3.05) is 18.1 Å². The number of carbonyl (C=O) groups is 4. The minimum absolute atomic E-state index is 0.248. The lowest BCUT2D eigenvalue weighted by Gasteiger charge is -2.28. The Kier molecular flexibility index (Phi) is 9.54. The van der Waals surface area contributed by atoms with Gasteiger partial charge in [0.2, 0.25) is 17.7 Å². The zero-order valence-electron chi connectivity index (χ0n) is 20.4. The summed E-state index contributed by atoms with van der Waals surface area (Å²) in [4.78, 5) is 54.5. The van der Waals surface area contributed by atoms with E-state index in [1.807, 2.05) is 42.0 Å². The highest BCUT2D eigenvalue weighted by Crippen LogP contribution is 2.22. The summed E-state index contributed by atoms with van der Waals surface area (Å²) < 4.78 is 0. The van der Waals surface area contributed by atoms with Gasteiger partial charge in [0.15, 0.2) is 0 Å². The molecule has 192 valence electrons. The summed E-state index contributed by atoms with van der Waals surface area (Å²) >= 11 is 3.01. The van der Waals surface area contributed by atoms with Gasteiger partial charge in [0.05, 0.1) is 6.04 Å². The molecule has 11 heteroatoms. The lowest BCUT2D eigenvalue weighted by Crippen LogP contribution is -2.58. The second kappa shape index (κ2) is 12.6. The first kappa shape index (κ1) is 27.3. The summed E-state index contributed by atoms with van der Waals surface area (Å²) in [6.45, 7) is 3.86. The van der Waals surface area contributed by atoms with Crippen LogP contribution in [0, 0.1) is 0 Å². The van der Waals surface area contributed by atoms with Crippen molar-refractivity contribution in [1.82, 2.24) is 15.5 Å². The molecule has 3 atom stereocenters. The van der Waals surface area contributed by atoms with Crippen molar-refractivity contribution >= 4 is 52.5 Å². The molecule has 9 nitrogen and oxygen atoms in total. The Bertz CT molecular complexity index is 1130. The fourth-order valence-electron chi connectivity index (χ4n) is 3.99. The minimum atomic E-state index is -0.999. The van der Waals surface area contributed by atoms with E-state index in [1.165, 1.54) is 22.3 Å². The minimum Gasteiger partial charge on any atom is -0.368 e. The standard InChI is InChI=1S/C25H31N5O4S2/c1-15(2)12-21(31)30-10-9-19(29-25(34)27-16-6-4-7-17(13-16)35-3)22(30)24(33)28-20(23(26)32)14-18-8-5-11-36-18/h4-8,11-13,19-20,22H,9-10,14H2,1-3H3,(H2,26,32)(H,28,33)(H2,27,29,34). The fourth-order valence-corrected chi connectivity index (χ4v) is 5.20.